The molecule has 0 rings (SSSR count). The number of rotatable bonds is 6. The Kier molecular flexibility index (Phi) is 6.54. The zero-order valence-electron chi connectivity index (χ0n) is 10.1. The fraction of sp³-hybridized carbons (Fsp3) is 0.909. The molecule has 0 aliphatic heterocycles. The number of carbonyl (C=O) groups excluding carboxylic acids is 1. The molecule has 14 heavy (non-hydrogen) atoms. The van der Waals surface area contributed by atoms with Gasteiger partial charge >= 0.3 is 0 Å². The summed E-state index contributed by atoms with van der Waals surface area (Å²) in [6.45, 7) is 10.8. The van der Waals surface area contributed by atoms with E-state index in [0.717, 1.165) is 6.42 Å². The predicted octanol–water partition coefficient (Wildman–Crippen LogP) is 1.54. The van der Waals surface area contributed by atoms with Crippen molar-refractivity contribution in [2.45, 2.75) is 53.1 Å². The fourth-order valence-corrected chi connectivity index (χ4v) is 1.29. The highest BCUT2D eigenvalue weighted by molar-refractivity contribution is 5.78. The minimum absolute atomic E-state index is 0.0965. The summed E-state index contributed by atoms with van der Waals surface area (Å²) < 4.78 is 0. The van der Waals surface area contributed by atoms with Gasteiger partial charge in [0.25, 0.3) is 0 Å². The van der Waals surface area contributed by atoms with Crippen LogP contribution >= 0.6 is 0 Å². The van der Waals surface area contributed by atoms with Crippen LogP contribution in [-0.4, -0.2) is 24.5 Å². The first-order valence-corrected chi connectivity index (χ1v) is 5.50. The molecule has 0 saturated carbocycles. The molecule has 84 valence electrons. The number of hydrogen-bond acceptors (Lipinski definition) is 2. The molecule has 3 nitrogen and oxygen atoms in total. The lowest BCUT2D eigenvalue weighted by atomic mass is 10.0. The second-order valence-corrected chi connectivity index (χ2v) is 4.36. The van der Waals surface area contributed by atoms with Crippen molar-refractivity contribution in [3.8, 4) is 0 Å². The standard InChI is InChI=1S/C11H24N2O/c1-6-10(8(2)3)13-11(14)7-12-9(4)5/h8-10,12H,6-7H2,1-5H3,(H,13,14). The molecule has 0 radical (unpaired) electrons. The third-order valence-electron chi connectivity index (χ3n) is 2.26. The van der Waals surface area contributed by atoms with E-state index in [9.17, 15) is 4.79 Å². The summed E-state index contributed by atoms with van der Waals surface area (Å²) in [4.78, 5) is 11.4. The van der Waals surface area contributed by atoms with E-state index in [0.29, 0.717) is 24.5 Å². The lowest BCUT2D eigenvalue weighted by molar-refractivity contribution is -0.121. The average Bonchev–Trinajstić information content (AvgIpc) is 2.10. The second kappa shape index (κ2) is 6.82. The molecule has 0 aliphatic carbocycles. The Morgan fingerprint density at radius 1 is 1.21 bits per heavy atom. The van der Waals surface area contributed by atoms with Crippen LogP contribution in [-0.2, 0) is 4.79 Å². The van der Waals surface area contributed by atoms with Gasteiger partial charge in [-0.15, -0.1) is 0 Å². The maximum atomic E-state index is 11.4. The Bertz CT molecular complexity index is 167. The van der Waals surface area contributed by atoms with Gasteiger partial charge in [-0.1, -0.05) is 34.6 Å². The first-order valence-electron chi connectivity index (χ1n) is 5.50. The topological polar surface area (TPSA) is 41.1 Å². The van der Waals surface area contributed by atoms with Crippen molar-refractivity contribution in [2.24, 2.45) is 5.92 Å². The minimum Gasteiger partial charge on any atom is -0.352 e. The van der Waals surface area contributed by atoms with E-state index in [1.54, 1.807) is 0 Å². The van der Waals surface area contributed by atoms with Crippen LogP contribution in [0.4, 0.5) is 0 Å². The van der Waals surface area contributed by atoms with E-state index in [1.807, 2.05) is 13.8 Å². The molecular formula is C11H24N2O. The molecule has 1 atom stereocenters. The van der Waals surface area contributed by atoms with Crippen molar-refractivity contribution in [1.82, 2.24) is 10.6 Å². The number of hydrogen-bond donors (Lipinski definition) is 2. The van der Waals surface area contributed by atoms with Crippen LogP contribution in [0.3, 0.4) is 0 Å². The normalized spacial score (nSPS) is 13.4. The number of amides is 1. The Labute approximate surface area is 87.6 Å². The smallest absolute Gasteiger partial charge is 0.234 e. The van der Waals surface area contributed by atoms with Gasteiger partial charge in [0.15, 0.2) is 0 Å². The Morgan fingerprint density at radius 3 is 2.14 bits per heavy atom. The molecule has 2 N–H and O–H groups in total. The molecular weight excluding hydrogens is 176 g/mol. The SMILES string of the molecule is CCC(NC(=O)CNC(C)C)C(C)C. The van der Waals surface area contributed by atoms with Gasteiger partial charge in [0.05, 0.1) is 6.54 Å². The first kappa shape index (κ1) is 13.4. The van der Waals surface area contributed by atoms with Gasteiger partial charge in [-0.25, -0.2) is 0 Å². The van der Waals surface area contributed by atoms with E-state index in [-0.39, 0.29) is 5.91 Å². The van der Waals surface area contributed by atoms with Crippen LogP contribution < -0.4 is 10.6 Å². The van der Waals surface area contributed by atoms with Gasteiger partial charge < -0.3 is 10.6 Å². The molecule has 0 aromatic rings. The van der Waals surface area contributed by atoms with E-state index in [1.165, 1.54) is 0 Å². The molecule has 0 spiro atoms. The summed E-state index contributed by atoms with van der Waals surface area (Å²) in [7, 11) is 0. The summed E-state index contributed by atoms with van der Waals surface area (Å²) in [5.41, 5.74) is 0. The second-order valence-electron chi connectivity index (χ2n) is 4.36. The highest BCUT2D eigenvalue weighted by atomic mass is 16.1. The maximum Gasteiger partial charge on any atom is 0.234 e. The molecule has 0 aromatic carbocycles. The van der Waals surface area contributed by atoms with Crippen molar-refractivity contribution in [1.29, 1.82) is 0 Å². The highest BCUT2D eigenvalue weighted by Gasteiger charge is 2.13. The molecule has 0 fully saturated rings. The van der Waals surface area contributed by atoms with Gasteiger partial charge in [-0.3, -0.25) is 4.79 Å². The summed E-state index contributed by atoms with van der Waals surface area (Å²) in [6.07, 6.45) is 0.991. The van der Waals surface area contributed by atoms with Crippen molar-refractivity contribution >= 4 is 5.91 Å². The number of nitrogens with one attached hydrogen (secondary N) is 2. The lowest BCUT2D eigenvalue weighted by Gasteiger charge is -2.21. The third-order valence-corrected chi connectivity index (χ3v) is 2.26. The summed E-state index contributed by atoms with van der Waals surface area (Å²) in [5, 5.41) is 6.12. The van der Waals surface area contributed by atoms with Crippen LogP contribution in [0.2, 0.25) is 0 Å². The molecule has 3 heteroatoms. The summed E-state index contributed by atoms with van der Waals surface area (Å²) in [5.74, 6) is 0.599. The Hall–Kier alpha value is -0.570. The van der Waals surface area contributed by atoms with Crippen molar-refractivity contribution < 1.29 is 4.79 Å². The van der Waals surface area contributed by atoms with Gasteiger partial charge in [0.1, 0.15) is 0 Å². The zero-order valence-corrected chi connectivity index (χ0v) is 10.1. The molecule has 1 unspecified atom stereocenters. The summed E-state index contributed by atoms with van der Waals surface area (Å²) >= 11 is 0. The van der Waals surface area contributed by atoms with Gasteiger partial charge in [0, 0.05) is 12.1 Å². The molecule has 0 saturated heterocycles. The molecule has 1 amide bonds. The predicted molar refractivity (Wildman–Crippen MR) is 60.2 cm³/mol. The van der Waals surface area contributed by atoms with Crippen molar-refractivity contribution in [3.05, 3.63) is 0 Å². The van der Waals surface area contributed by atoms with Gasteiger partial charge in [0.2, 0.25) is 5.91 Å². The van der Waals surface area contributed by atoms with Crippen LogP contribution in [0.15, 0.2) is 0 Å². The van der Waals surface area contributed by atoms with Crippen LogP contribution in [0.25, 0.3) is 0 Å². The molecule has 0 aliphatic rings. The first-order chi connectivity index (χ1) is 6.47. The van der Waals surface area contributed by atoms with Crippen molar-refractivity contribution in [2.75, 3.05) is 6.54 Å². The van der Waals surface area contributed by atoms with Crippen LogP contribution in [0.1, 0.15) is 41.0 Å². The van der Waals surface area contributed by atoms with Crippen LogP contribution in [0, 0.1) is 5.92 Å². The van der Waals surface area contributed by atoms with E-state index < -0.39 is 0 Å². The largest absolute Gasteiger partial charge is 0.352 e. The average molecular weight is 200 g/mol. The molecule has 0 heterocycles. The summed E-state index contributed by atoms with van der Waals surface area (Å²) in [6, 6.07) is 0.663. The van der Waals surface area contributed by atoms with Crippen molar-refractivity contribution in [3.63, 3.8) is 0 Å². The van der Waals surface area contributed by atoms with Gasteiger partial charge in [-0.05, 0) is 12.3 Å². The fourth-order valence-electron chi connectivity index (χ4n) is 1.29. The Balaban J connectivity index is 3.79. The quantitative estimate of drug-likeness (QED) is 0.683. The third kappa shape index (κ3) is 5.97. The Morgan fingerprint density at radius 2 is 1.79 bits per heavy atom. The van der Waals surface area contributed by atoms with E-state index >= 15 is 0 Å². The van der Waals surface area contributed by atoms with E-state index in [4.69, 9.17) is 0 Å². The van der Waals surface area contributed by atoms with E-state index in [2.05, 4.69) is 31.4 Å². The maximum absolute atomic E-state index is 11.4. The highest BCUT2D eigenvalue weighted by Crippen LogP contribution is 2.04. The lowest BCUT2D eigenvalue weighted by Crippen LogP contribution is -2.43. The zero-order chi connectivity index (χ0) is 11.1. The molecule has 0 aromatic heterocycles. The van der Waals surface area contributed by atoms with Gasteiger partial charge in [-0.2, -0.15) is 0 Å². The minimum atomic E-state index is 0.0965. The monoisotopic (exact) mass is 200 g/mol. The number of carbonyl (C=O) groups is 1. The van der Waals surface area contributed by atoms with Crippen LogP contribution in [0.5, 0.6) is 0 Å². The molecule has 0 bridgehead atoms.